The molecule has 72 valence electrons. The third-order valence-corrected chi connectivity index (χ3v) is 2.03. The summed E-state index contributed by atoms with van der Waals surface area (Å²) in [5.41, 5.74) is 0.977. The van der Waals surface area contributed by atoms with Crippen LogP contribution in [0.5, 0.6) is 0 Å². The monoisotopic (exact) mass is 171 g/mol. The van der Waals surface area contributed by atoms with Gasteiger partial charge in [0.15, 0.2) is 0 Å². The van der Waals surface area contributed by atoms with Gasteiger partial charge in [0.25, 0.3) is 0 Å². The zero-order chi connectivity index (χ0) is 9.23. The van der Waals surface area contributed by atoms with Crippen LogP contribution in [0.25, 0.3) is 0 Å². The van der Waals surface area contributed by atoms with Gasteiger partial charge < -0.3 is 5.21 Å². The van der Waals surface area contributed by atoms with E-state index in [1.807, 2.05) is 0 Å². The first-order valence-electron chi connectivity index (χ1n) is 5.04. The molecule has 0 heterocycles. The highest BCUT2D eigenvalue weighted by Crippen LogP contribution is 2.06. The normalized spacial score (nSPS) is 12.0. The van der Waals surface area contributed by atoms with E-state index in [2.05, 4.69) is 19.0 Å². The fourth-order valence-corrected chi connectivity index (χ4v) is 1.18. The topological polar surface area (TPSA) is 32.6 Å². The smallest absolute Gasteiger partial charge is 0.0570 e. The van der Waals surface area contributed by atoms with Crippen molar-refractivity contribution in [3.8, 4) is 0 Å². The van der Waals surface area contributed by atoms with E-state index in [9.17, 15) is 0 Å². The maximum Gasteiger partial charge on any atom is 0.0570 e. The summed E-state index contributed by atoms with van der Waals surface area (Å²) in [6.07, 6.45) is 7.90. The van der Waals surface area contributed by atoms with Crippen molar-refractivity contribution in [3.63, 3.8) is 0 Å². The predicted molar refractivity (Wildman–Crippen MR) is 52.9 cm³/mol. The van der Waals surface area contributed by atoms with Crippen LogP contribution in [-0.2, 0) is 0 Å². The molecule has 0 aromatic carbocycles. The molecular weight excluding hydrogens is 150 g/mol. The van der Waals surface area contributed by atoms with Crippen LogP contribution in [0.15, 0.2) is 5.16 Å². The van der Waals surface area contributed by atoms with Gasteiger partial charge in [-0.15, -0.1) is 0 Å². The summed E-state index contributed by atoms with van der Waals surface area (Å²) in [5.74, 6) is 0. The van der Waals surface area contributed by atoms with E-state index in [0.29, 0.717) is 0 Å². The third-order valence-electron chi connectivity index (χ3n) is 2.03. The molecule has 0 atom stereocenters. The first-order chi connectivity index (χ1) is 5.85. The molecule has 0 aliphatic carbocycles. The molecular formula is C10H21NO. The van der Waals surface area contributed by atoms with Gasteiger partial charge >= 0.3 is 0 Å². The number of nitrogens with zero attached hydrogens (tertiary/aromatic N) is 1. The van der Waals surface area contributed by atoms with Crippen LogP contribution in [0.2, 0.25) is 0 Å². The molecule has 0 saturated heterocycles. The average molecular weight is 171 g/mol. The lowest BCUT2D eigenvalue weighted by Gasteiger charge is -2.01. The molecule has 0 aliphatic heterocycles. The molecule has 0 fully saturated rings. The zero-order valence-corrected chi connectivity index (χ0v) is 8.34. The highest BCUT2D eigenvalue weighted by Gasteiger charge is 1.98. The van der Waals surface area contributed by atoms with Crippen LogP contribution in [0.4, 0.5) is 0 Å². The van der Waals surface area contributed by atoms with Gasteiger partial charge in [-0.05, 0) is 25.7 Å². The van der Waals surface area contributed by atoms with Gasteiger partial charge in [0.2, 0.25) is 0 Å². The van der Waals surface area contributed by atoms with E-state index >= 15 is 0 Å². The van der Waals surface area contributed by atoms with Gasteiger partial charge in [0.1, 0.15) is 0 Å². The van der Waals surface area contributed by atoms with Crippen LogP contribution >= 0.6 is 0 Å². The predicted octanol–water partition coefficient (Wildman–Crippen LogP) is 3.59. The molecule has 0 aromatic heterocycles. The van der Waals surface area contributed by atoms with Gasteiger partial charge in [0, 0.05) is 0 Å². The Kier molecular flexibility index (Phi) is 8.19. The number of hydrogen-bond donors (Lipinski definition) is 1. The second-order valence-corrected chi connectivity index (χ2v) is 3.23. The van der Waals surface area contributed by atoms with Crippen molar-refractivity contribution in [1.82, 2.24) is 0 Å². The van der Waals surface area contributed by atoms with Crippen LogP contribution in [0.3, 0.4) is 0 Å². The average Bonchev–Trinajstić information content (AvgIpc) is 2.11. The molecule has 2 heteroatoms. The van der Waals surface area contributed by atoms with Crippen molar-refractivity contribution in [2.45, 2.75) is 58.8 Å². The second-order valence-electron chi connectivity index (χ2n) is 3.23. The molecule has 0 radical (unpaired) electrons. The van der Waals surface area contributed by atoms with Gasteiger partial charge in [-0.3, -0.25) is 0 Å². The quantitative estimate of drug-likeness (QED) is 0.270. The summed E-state index contributed by atoms with van der Waals surface area (Å²) in [5, 5.41) is 12.0. The Morgan fingerprint density at radius 2 is 1.58 bits per heavy atom. The highest BCUT2D eigenvalue weighted by molar-refractivity contribution is 5.83. The summed E-state index contributed by atoms with van der Waals surface area (Å²) in [6, 6.07) is 0. The Morgan fingerprint density at radius 1 is 1.00 bits per heavy atom. The molecule has 0 spiro atoms. The first kappa shape index (κ1) is 11.5. The molecule has 0 amide bonds. The van der Waals surface area contributed by atoms with Gasteiger partial charge in [-0.1, -0.05) is 38.3 Å². The second kappa shape index (κ2) is 8.57. The van der Waals surface area contributed by atoms with E-state index in [4.69, 9.17) is 5.21 Å². The van der Waals surface area contributed by atoms with Gasteiger partial charge in [-0.2, -0.15) is 0 Å². The summed E-state index contributed by atoms with van der Waals surface area (Å²) in [7, 11) is 0. The molecule has 0 aromatic rings. The Hall–Kier alpha value is -0.530. The SMILES string of the molecule is CCCCCC(CCCC)=NO. The van der Waals surface area contributed by atoms with Crippen LogP contribution in [0.1, 0.15) is 58.8 Å². The molecule has 0 bridgehead atoms. The molecule has 0 aliphatic rings. The number of rotatable bonds is 7. The van der Waals surface area contributed by atoms with Gasteiger partial charge in [0.05, 0.1) is 5.71 Å². The summed E-state index contributed by atoms with van der Waals surface area (Å²) in [6.45, 7) is 4.34. The minimum Gasteiger partial charge on any atom is -0.411 e. The standard InChI is InChI=1S/C10H21NO/c1-3-5-7-9-10(11-12)8-6-4-2/h12H,3-9H2,1-2H3. The van der Waals surface area contributed by atoms with E-state index in [1.165, 1.54) is 25.7 Å². The van der Waals surface area contributed by atoms with Crippen molar-refractivity contribution in [3.05, 3.63) is 0 Å². The Labute approximate surface area is 75.7 Å². The third kappa shape index (κ3) is 6.20. The maximum absolute atomic E-state index is 8.64. The Bertz CT molecular complexity index is 121. The van der Waals surface area contributed by atoms with Crippen molar-refractivity contribution in [1.29, 1.82) is 0 Å². The van der Waals surface area contributed by atoms with Crippen LogP contribution in [0, 0.1) is 0 Å². The van der Waals surface area contributed by atoms with Crippen molar-refractivity contribution in [2.75, 3.05) is 0 Å². The first-order valence-corrected chi connectivity index (χ1v) is 5.04. The van der Waals surface area contributed by atoms with Crippen molar-refractivity contribution < 1.29 is 5.21 Å². The largest absolute Gasteiger partial charge is 0.411 e. The molecule has 0 unspecified atom stereocenters. The summed E-state index contributed by atoms with van der Waals surface area (Å²) < 4.78 is 0. The van der Waals surface area contributed by atoms with Crippen LogP contribution < -0.4 is 0 Å². The van der Waals surface area contributed by atoms with E-state index in [0.717, 1.165) is 25.0 Å². The Morgan fingerprint density at radius 3 is 2.08 bits per heavy atom. The molecule has 0 saturated carbocycles. The number of unbranched alkanes of at least 4 members (excludes halogenated alkanes) is 3. The lowest BCUT2D eigenvalue weighted by Crippen LogP contribution is -1.98. The molecule has 2 nitrogen and oxygen atoms in total. The summed E-state index contributed by atoms with van der Waals surface area (Å²) >= 11 is 0. The van der Waals surface area contributed by atoms with E-state index in [1.54, 1.807) is 0 Å². The lowest BCUT2D eigenvalue weighted by atomic mass is 10.1. The Balaban J connectivity index is 3.41. The van der Waals surface area contributed by atoms with Gasteiger partial charge in [-0.25, -0.2) is 0 Å². The fraction of sp³-hybridized carbons (Fsp3) is 0.900. The molecule has 1 N–H and O–H groups in total. The minimum absolute atomic E-state index is 0.969. The van der Waals surface area contributed by atoms with Crippen molar-refractivity contribution in [2.24, 2.45) is 5.16 Å². The minimum atomic E-state index is 0.969. The maximum atomic E-state index is 8.64. The van der Waals surface area contributed by atoms with E-state index in [-0.39, 0.29) is 0 Å². The van der Waals surface area contributed by atoms with E-state index < -0.39 is 0 Å². The van der Waals surface area contributed by atoms with Crippen molar-refractivity contribution >= 4 is 5.71 Å². The number of hydrogen-bond acceptors (Lipinski definition) is 2. The summed E-state index contributed by atoms with van der Waals surface area (Å²) in [4.78, 5) is 0. The fourth-order valence-electron chi connectivity index (χ4n) is 1.18. The lowest BCUT2D eigenvalue weighted by molar-refractivity contribution is 0.315. The van der Waals surface area contributed by atoms with Crippen LogP contribution in [-0.4, -0.2) is 10.9 Å². The number of oxime groups is 1. The zero-order valence-electron chi connectivity index (χ0n) is 8.34. The molecule has 0 rings (SSSR count). The molecule has 12 heavy (non-hydrogen) atoms. The highest BCUT2D eigenvalue weighted by atomic mass is 16.4.